The molecule has 140 valence electrons. The van der Waals surface area contributed by atoms with Crippen LogP contribution in [0.4, 0.5) is 0 Å². The summed E-state index contributed by atoms with van der Waals surface area (Å²) in [5.74, 6) is 1.66. The average molecular weight is 375 g/mol. The van der Waals surface area contributed by atoms with Crippen molar-refractivity contribution in [3.63, 3.8) is 0 Å². The second-order valence-corrected chi connectivity index (χ2v) is 6.68. The third-order valence-corrected chi connectivity index (χ3v) is 4.71. The number of nitrogens with one attached hydrogen (secondary N) is 2. The van der Waals surface area contributed by atoms with Crippen molar-refractivity contribution in [1.29, 1.82) is 0 Å². The number of para-hydroxylation sites is 1. The summed E-state index contributed by atoms with van der Waals surface area (Å²) in [7, 11) is 5.43. The Hall–Kier alpha value is -2.54. The van der Waals surface area contributed by atoms with Gasteiger partial charge in [0.1, 0.15) is 5.75 Å². The van der Waals surface area contributed by atoms with Gasteiger partial charge in [0, 0.05) is 39.3 Å². The maximum absolute atomic E-state index is 11.9. The molecule has 0 aliphatic heterocycles. The minimum absolute atomic E-state index is 0.0160. The van der Waals surface area contributed by atoms with Gasteiger partial charge in [-0.1, -0.05) is 24.3 Å². The van der Waals surface area contributed by atoms with Gasteiger partial charge in [-0.3, -0.25) is 9.79 Å². The molecule has 2 rings (SSSR count). The summed E-state index contributed by atoms with van der Waals surface area (Å²) in [5.41, 5.74) is 1.10. The van der Waals surface area contributed by atoms with Crippen LogP contribution in [0.15, 0.2) is 46.8 Å². The van der Waals surface area contributed by atoms with Crippen LogP contribution in [0.25, 0.3) is 0 Å². The van der Waals surface area contributed by atoms with Crippen molar-refractivity contribution in [3.05, 3.63) is 52.2 Å². The molecule has 0 spiro atoms. The van der Waals surface area contributed by atoms with Crippen LogP contribution in [-0.4, -0.2) is 51.1 Å². The first-order chi connectivity index (χ1) is 12.7. The Morgan fingerprint density at radius 3 is 2.65 bits per heavy atom. The summed E-state index contributed by atoms with van der Waals surface area (Å²) in [4.78, 5) is 19.0. The lowest BCUT2D eigenvalue weighted by Gasteiger charge is -2.23. The molecule has 2 aromatic rings. The molecule has 0 aliphatic carbocycles. The molecule has 26 heavy (non-hydrogen) atoms. The number of nitrogens with zero attached hydrogens (tertiary/aromatic N) is 2. The predicted molar refractivity (Wildman–Crippen MR) is 107 cm³/mol. The first kappa shape index (κ1) is 19.8. The normalized spacial score (nSPS) is 11.1. The maximum Gasteiger partial charge on any atom is 0.261 e. The number of carbonyl (C=O) groups excluding carboxylic acids is 1. The molecule has 0 saturated carbocycles. The molecule has 0 bridgehead atoms. The highest BCUT2D eigenvalue weighted by molar-refractivity contribution is 7.12. The second kappa shape index (κ2) is 10.5. The van der Waals surface area contributed by atoms with E-state index >= 15 is 0 Å². The number of carbonyl (C=O) groups is 1. The van der Waals surface area contributed by atoms with Crippen molar-refractivity contribution in [1.82, 2.24) is 15.5 Å². The van der Waals surface area contributed by atoms with Crippen LogP contribution < -0.4 is 15.4 Å². The van der Waals surface area contributed by atoms with E-state index in [1.54, 1.807) is 14.2 Å². The van der Waals surface area contributed by atoms with Gasteiger partial charge in [0.15, 0.2) is 5.96 Å². The summed E-state index contributed by atoms with van der Waals surface area (Å²) in [6.07, 6.45) is 0.818. The van der Waals surface area contributed by atoms with E-state index in [4.69, 9.17) is 4.74 Å². The van der Waals surface area contributed by atoms with Crippen LogP contribution in [0.3, 0.4) is 0 Å². The molecule has 0 unspecified atom stereocenters. The fourth-order valence-electron chi connectivity index (χ4n) is 2.53. The number of hydrogen-bond acceptors (Lipinski definition) is 4. The Morgan fingerprint density at radius 2 is 1.96 bits per heavy atom. The summed E-state index contributed by atoms with van der Waals surface area (Å²) in [6.45, 7) is 2.05. The highest BCUT2D eigenvalue weighted by Gasteiger charge is 2.10. The summed E-state index contributed by atoms with van der Waals surface area (Å²) in [6, 6.07) is 11.7. The number of thiophene rings is 1. The standard InChI is InChI=1S/C19H26N4O2S/c1-20-19(23(2)14-15-8-4-5-9-16(15)25-3)22-12-7-11-21-18(24)17-10-6-13-26-17/h4-6,8-10,13H,7,11-12,14H2,1-3H3,(H,20,22)(H,21,24). The average Bonchev–Trinajstić information content (AvgIpc) is 3.19. The molecule has 0 fully saturated rings. The lowest BCUT2D eigenvalue weighted by molar-refractivity contribution is 0.0957. The Bertz CT molecular complexity index is 716. The smallest absolute Gasteiger partial charge is 0.261 e. The molecule has 0 aliphatic rings. The number of benzene rings is 1. The first-order valence-electron chi connectivity index (χ1n) is 8.51. The van der Waals surface area contributed by atoms with Crippen molar-refractivity contribution in [2.75, 3.05) is 34.3 Å². The SMILES string of the molecule is CN=C(NCCCNC(=O)c1cccs1)N(C)Cc1ccccc1OC. The zero-order valence-electron chi connectivity index (χ0n) is 15.5. The van der Waals surface area contributed by atoms with E-state index in [-0.39, 0.29) is 5.91 Å². The van der Waals surface area contributed by atoms with E-state index < -0.39 is 0 Å². The lowest BCUT2D eigenvalue weighted by atomic mass is 10.2. The van der Waals surface area contributed by atoms with E-state index in [9.17, 15) is 4.79 Å². The fraction of sp³-hybridized carbons (Fsp3) is 0.368. The highest BCUT2D eigenvalue weighted by atomic mass is 32.1. The maximum atomic E-state index is 11.9. The van der Waals surface area contributed by atoms with Crippen molar-refractivity contribution in [2.24, 2.45) is 4.99 Å². The molecule has 0 radical (unpaired) electrons. The van der Waals surface area contributed by atoms with Crippen LogP contribution in [0.5, 0.6) is 5.75 Å². The van der Waals surface area contributed by atoms with Gasteiger partial charge in [0.05, 0.1) is 12.0 Å². The molecule has 1 aromatic carbocycles. The van der Waals surface area contributed by atoms with Gasteiger partial charge in [0.2, 0.25) is 0 Å². The lowest BCUT2D eigenvalue weighted by Crippen LogP contribution is -2.39. The Morgan fingerprint density at radius 1 is 1.19 bits per heavy atom. The fourth-order valence-corrected chi connectivity index (χ4v) is 3.17. The van der Waals surface area contributed by atoms with Crippen LogP contribution in [-0.2, 0) is 6.54 Å². The first-order valence-corrected chi connectivity index (χ1v) is 9.39. The van der Waals surface area contributed by atoms with E-state index in [1.807, 2.05) is 53.7 Å². The molecule has 0 saturated heterocycles. The van der Waals surface area contributed by atoms with E-state index in [1.165, 1.54) is 11.3 Å². The minimum atomic E-state index is -0.0160. The van der Waals surface area contributed by atoms with Gasteiger partial charge >= 0.3 is 0 Å². The monoisotopic (exact) mass is 374 g/mol. The van der Waals surface area contributed by atoms with Crippen molar-refractivity contribution < 1.29 is 9.53 Å². The van der Waals surface area contributed by atoms with Gasteiger partial charge in [-0.2, -0.15) is 0 Å². The van der Waals surface area contributed by atoms with Gasteiger partial charge in [-0.25, -0.2) is 0 Å². The molecular weight excluding hydrogens is 348 g/mol. The zero-order valence-corrected chi connectivity index (χ0v) is 16.3. The molecule has 1 aromatic heterocycles. The van der Waals surface area contributed by atoms with Crippen molar-refractivity contribution in [3.8, 4) is 5.75 Å². The molecule has 6 nitrogen and oxygen atoms in total. The van der Waals surface area contributed by atoms with Gasteiger partial charge in [0.25, 0.3) is 5.91 Å². The van der Waals surface area contributed by atoms with E-state index in [0.717, 1.165) is 35.1 Å². The summed E-state index contributed by atoms with van der Waals surface area (Å²) >= 11 is 1.45. The van der Waals surface area contributed by atoms with Gasteiger partial charge < -0.3 is 20.3 Å². The van der Waals surface area contributed by atoms with Crippen LogP contribution >= 0.6 is 11.3 Å². The number of hydrogen-bond donors (Lipinski definition) is 2. The molecule has 2 N–H and O–H groups in total. The predicted octanol–water partition coefficient (Wildman–Crippen LogP) is 2.58. The Kier molecular flexibility index (Phi) is 7.95. The summed E-state index contributed by atoms with van der Waals surface area (Å²) < 4.78 is 5.40. The number of guanidine groups is 1. The number of ether oxygens (including phenoxy) is 1. The van der Waals surface area contributed by atoms with Crippen LogP contribution in [0.1, 0.15) is 21.7 Å². The quantitative estimate of drug-likeness (QED) is 0.423. The third-order valence-electron chi connectivity index (χ3n) is 3.84. The molecular formula is C19H26N4O2S. The van der Waals surface area contributed by atoms with E-state index in [2.05, 4.69) is 15.6 Å². The van der Waals surface area contributed by atoms with Gasteiger partial charge in [-0.15, -0.1) is 11.3 Å². The van der Waals surface area contributed by atoms with Crippen LogP contribution in [0.2, 0.25) is 0 Å². The molecule has 1 heterocycles. The number of amides is 1. The highest BCUT2D eigenvalue weighted by Crippen LogP contribution is 2.18. The molecule has 1 amide bonds. The van der Waals surface area contributed by atoms with Gasteiger partial charge in [-0.05, 0) is 23.9 Å². The van der Waals surface area contributed by atoms with Crippen molar-refractivity contribution >= 4 is 23.2 Å². The topological polar surface area (TPSA) is 66.0 Å². The molecule has 7 heteroatoms. The largest absolute Gasteiger partial charge is 0.496 e. The number of aliphatic imine (C=N–C) groups is 1. The number of rotatable bonds is 8. The van der Waals surface area contributed by atoms with Crippen molar-refractivity contribution in [2.45, 2.75) is 13.0 Å². The second-order valence-electron chi connectivity index (χ2n) is 5.73. The minimum Gasteiger partial charge on any atom is -0.496 e. The van der Waals surface area contributed by atoms with Crippen LogP contribution in [0, 0.1) is 0 Å². The Balaban J connectivity index is 1.74. The molecule has 0 atom stereocenters. The van der Waals surface area contributed by atoms with E-state index in [0.29, 0.717) is 13.1 Å². The Labute approximate surface area is 158 Å². The third kappa shape index (κ3) is 5.77. The zero-order chi connectivity index (χ0) is 18.8. The number of methoxy groups -OCH3 is 1. The summed E-state index contributed by atoms with van der Waals surface area (Å²) in [5, 5.41) is 8.15.